The predicted molar refractivity (Wildman–Crippen MR) is 110 cm³/mol. The molecule has 5 nitrogen and oxygen atoms in total. The summed E-state index contributed by atoms with van der Waals surface area (Å²) in [6, 6.07) is 24.3. The van der Waals surface area contributed by atoms with Gasteiger partial charge < -0.3 is 15.4 Å². The lowest BCUT2D eigenvalue weighted by atomic mass is 10.0. The molecule has 0 atom stereocenters. The fourth-order valence-corrected chi connectivity index (χ4v) is 2.79. The molecule has 5 heteroatoms. The highest BCUT2D eigenvalue weighted by Gasteiger charge is 2.14. The molecule has 0 aliphatic heterocycles. The van der Waals surface area contributed by atoms with Crippen molar-refractivity contribution in [2.24, 2.45) is 0 Å². The molecule has 0 saturated carbocycles. The number of methoxy groups -OCH3 is 1. The average Bonchev–Trinajstić information content (AvgIpc) is 2.75. The molecule has 3 aromatic rings. The van der Waals surface area contributed by atoms with Gasteiger partial charge in [0.2, 0.25) is 0 Å². The molecule has 2 amide bonds. The topological polar surface area (TPSA) is 67.4 Å². The largest absolute Gasteiger partial charge is 0.383 e. The molecular weight excluding hydrogens is 352 g/mol. The highest BCUT2D eigenvalue weighted by atomic mass is 16.5. The molecule has 0 radical (unpaired) electrons. The number of para-hydroxylation sites is 1. The van der Waals surface area contributed by atoms with Crippen molar-refractivity contribution in [1.82, 2.24) is 5.32 Å². The van der Waals surface area contributed by atoms with Crippen LogP contribution in [0.4, 0.5) is 5.69 Å². The minimum absolute atomic E-state index is 0.257. The Morgan fingerprint density at radius 1 is 0.786 bits per heavy atom. The minimum atomic E-state index is -0.267. The lowest BCUT2D eigenvalue weighted by Crippen LogP contribution is -2.28. The van der Waals surface area contributed by atoms with Crippen molar-refractivity contribution in [3.8, 4) is 11.1 Å². The fraction of sp³-hybridized carbons (Fsp3) is 0.130. The van der Waals surface area contributed by atoms with Crippen LogP contribution < -0.4 is 10.6 Å². The third-order valence-corrected chi connectivity index (χ3v) is 4.27. The van der Waals surface area contributed by atoms with Crippen molar-refractivity contribution < 1.29 is 14.3 Å². The Bertz CT molecular complexity index is 938. The Hall–Kier alpha value is -3.44. The molecule has 0 spiro atoms. The van der Waals surface area contributed by atoms with Gasteiger partial charge >= 0.3 is 0 Å². The molecule has 0 heterocycles. The summed E-state index contributed by atoms with van der Waals surface area (Å²) in [5.41, 5.74) is 3.53. The summed E-state index contributed by atoms with van der Waals surface area (Å²) in [6.07, 6.45) is 0. The van der Waals surface area contributed by atoms with Crippen LogP contribution in [0.2, 0.25) is 0 Å². The number of hydrogen-bond acceptors (Lipinski definition) is 3. The van der Waals surface area contributed by atoms with Crippen molar-refractivity contribution in [3.05, 3.63) is 90.0 Å². The zero-order valence-electron chi connectivity index (χ0n) is 15.6. The SMILES string of the molecule is COCCNC(=O)c1ccccc1NC(=O)c1ccc(-c2ccccc2)cc1. The van der Waals surface area contributed by atoms with E-state index in [9.17, 15) is 9.59 Å². The summed E-state index contributed by atoms with van der Waals surface area (Å²) in [7, 11) is 1.57. The van der Waals surface area contributed by atoms with Crippen molar-refractivity contribution in [1.29, 1.82) is 0 Å². The molecule has 0 aromatic heterocycles. The van der Waals surface area contributed by atoms with E-state index in [4.69, 9.17) is 4.74 Å². The van der Waals surface area contributed by atoms with Crippen LogP contribution in [0.1, 0.15) is 20.7 Å². The average molecular weight is 374 g/mol. The molecule has 0 bridgehead atoms. The monoisotopic (exact) mass is 374 g/mol. The maximum absolute atomic E-state index is 12.6. The number of hydrogen-bond donors (Lipinski definition) is 2. The first-order chi connectivity index (χ1) is 13.7. The van der Waals surface area contributed by atoms with Gasteiger partial charge in [-0.25, -0.2) is 0 Å². The van der Waals surface area contributed by atoms with Crippen molar-refractivity contribution in [2.75, 3.05) is 25.6 Å². The second kappa shape index (κ2) is 9.48. The summed E-state index contributed by atoms with van der Waals surface area (Å²) in [5.74, 6) is -0.524. The predicted octanol–water partition coefficient (Wildman–Crippen LogP) is 3.98. The lowest BCUT2D eigenvalue weighted by Gasteiger charge is -2.12. The van der Waals surface area contributed by atoms with E-state index in [0.29, 0.717) is 30.0 Å². The molecular formula is C23H22N2O3. The highest BCUT2D eigenvalue weighted by molar-refractivity contribution is 6.09. The number of nitrogens with one attached hydrogen (secondary N) is 2. The second-order valence-corrected chi connectivity index (χ2v) is 6.19. The molecule has 0 saturated heterocycles. The number of rotatable bonds is 7. The molecule has 0 fully saturated rings. The van der Waals surface area contributed by atoms with Crippen LogP contribution in [-0.2, 0) is 4.74 Å². The summed E-state index contributed by atoms with van der Waals surface area (Å²) < 4.78 is 4.94. The van der Waals surface area contributed by atoms with E-state index in [1.807, 2.05) is 42.5 Å². The van der Waals surface area contributed by atoms with Crippen molar-refractivity contribution in [2.45, 2.75) is 0 Å². The first-order valence-corrected chi connectivity index (χ1v) is 9.02. The molecule has 0 aliphatic rings. The maximum Gasteiger partial charge on any atom is 0.255 e. The number of amides is 2. The van der Waals surface area contributed by atoms with E-state index in [0.717, 1.165) is 11.1 Å². The van der Waals surface area contributed by atoms with Gasteiger partial charge in [-0.3, -0.25) is 9.59 Å². The van der Waals surface area contributed by atoms with Crippen LogP contribution in [0.3, 0.4) is 0 Å². The molecule has 142 valence electrons. The van der Waals surface area contributed by atoms with Gasteiger partial charge in [0.15, 0.2) is 0 Å². The van der Waals surface area contributed by atoms with Gasteiger partial charge in [0.05, 0.1) is 17.9 Å². The smallest absolute Gasteiger partial charge is 0.255 e. The zero-order valence-corrected chi connectivity index (χ0v) is 15.6. The first-order valence-electron chi connectivity index (χ1n) is 9.02. The van der Waals surface area contributed by atoms with Gasteiger partial charge in [-0.1, -0.05) is 54.6 Å². The Labute approximate surface area is 164 Å². The van der Waals surface area contributed by atoms with Crippen molar-refractivity contribution in [3.63, 3.8) is 0 Å². The highest BCUT2D eigenvalue weighted by Crippen LogP contribution is 2.20. The van der Waals surface area contributed by atoms with Crippen LogP contribution in [0.5, 0.6) is 0 Å². The maximum atomic E-state index is 12.6. The Morgan fingerprint density at radius 2 is 1.43 bits per heavy atom. The molecule has 28 heavy (non-hydrogen) atoms. The number of carbonyl (C=O) groups excluding carboxylic acids is 2. The number of benzene rings is 3. The van der Waals surface area contributed by atoms with Crippen LogP contribution in [0.15, 0.2) is 78.9 Å². The lowest BCUT2D eigenvalue weighted by molar-refractivity contribution is 0.0938. The summed E-state index contributed by atoms with van der Waals surface area (Å²) in [5, 5.41) is 5.59. The molecule has 3 aromatic carbocycles. The Morgan fingerprint density at radius 3 is 2.14 bits per heavy atom. The van der Waals surface area contributed by atoms with Crippen LogP contribution in [-0.4, -0.2) is 32.1 Å². The third-order valence-electron chi connectivity index (χ3n) is 4.27. The van der Waals surface area contributed by atoms with E-state index < -0.39 is 0 Å². The van der Waals surface area contributed by atoms with E-state index in [2.05, 4.69) is 10.6 Å². The number of anilines is 1. The van der Waals surface area contributed by atoms with E-state index in [-0.39, 0.29) is 11.8 Å². The van der Waals surface area contributed by atoms with Gasteiger partial charge in [0.25, 0.3) is 11.8 Å². The molecule has 0 aliphatic carbocycles. The Balaban J connectivity index is 1.72. The van der Waals surface area contributed by atoms with Gasteiger partial charge in [-0.2, -0.15) is 0 Å². The summed E-state index contributed by atoms with van der Waals surface area (Å²) in [4.78, 5) is 25.0. The first kappa shape index (κ1) is 19.3. The van der Waals surface area contributed by atoms with E-state index >= 15 is 0 Å². The van der Waals surface area contributed by atoms with E-state index in [1.165, 1.54) is 0 Å². The number of carbonyl (C=O) groups is 2. The summed E-state index contributed by atoms with van der Waals surface area (Å²) >= 11 is 0. The second-order valence-electron chi connectivity index (χ2n) is 6.19. The number of ether oxygens (including phenoxy) is 1. The zero-order chi connectivity index (χ0) is 19.8. The minimum Gasteiger partial charge on any atom is -0.383 e. The molecule has 0 unspecified atom stereocenters. The van der Waals surface area contributed by atoms with Crippen LogP contribution in [0.25, 0.3) is 11.1 Å². The van der Waals surface area contributed by atoms with Crippen LogP contribution in [0, 0.1) is 0 Å². The third kappa shape index (κ3) is 4.84. The normalized spacial score (nSPS) is 10.3. The molecule has 2 N–H and O–H groups in total. The fourth-order valence-electron chi connectivity index (χ4n) is 2.79. The van der Waals surface area contributed by atoms with E-state index in [1.54, 1.807) is 43.5 Å². The van der Waals surface area contributed by atoms with Gasteiger partial charge in [-0.15, -0.1) is 0 Å². The molecule has 3 rings (SSSR count). The standard InChI is InChI=1S/C23H22N2O3/c1-28-16-15-24-23(27)20-9-5-6-10-21(20)25-22(26)19-13-11-18(12-14-19)17-7-3-2-4-8-17/h2-14H,15-16H2,1H3,(H,24,27)(H,25,26). The van der Waals surface area contributed by atoms with Gasteiger partial charge in [0.1, 0.15) is 0 Å². The van der Waals surface area contributed by atoms with Gasteiger partial charge in [-0.05, 0) is 35.4 Å². The quantitative estimate of drug-likeness (QED) is 0.615. The van der Waals surface area contributed by atoms with Crippen LogP contribution >= 0.6 is 0 Å². The summed E-state index contributed by atoms with van der Waals surface area (Å²) in [6.45, 7) is 0.826. The van der Waals surface area contributed by atoms with Crippen molar-refractivity contribution >= 4 is 17.5 Å². The van der Waals surface area contributed by atoms with Gasteiger partial charge in [0, 0.05) is 19.2 Å². The Kier molecular flexibility index (Phi) is 6.54.